The van der Waals surface area contributed by atoms with Crippen LogP contribution in [0.3, 0.4) is 0 Å². The van der Waals surface area contributed by atoms with Crippen molar-refractivity contribution >= 4 is 31.2 Å². The average molecular weight is 400 g/mol. The minimum atomic E-state index is -3.66. The number of rotatable bonds is 9. The molecule has 26 heavy (non-hydrogen) atoms. The molecule has 0 aromatic heterocycles. The van der Waals surface area contributed by atoms with Crippen LogP contribution >= 0.6 is 19.3 Å². The normalized spacial score (nSPS) is 20.4. The van der Waals surface area contributed by atoms with Gasteiger partial charge in [0.05, 0.1) is 0 Å². The van der Waals surface area contributed by atoms with E-state index in [2.05, 4.69) is 5.09 Å². The molecule has 1 heterocycles. The third-order valence-electron chi connectivity index (χ3n) is 4.10. The van der Waals surface area contributed by atoms with Crippen LogP contribution in [0.4, 0.5) is 0 Å². The summed E-state index contributed by atoms with van der Waals surface area (Å²) < 4.78 is 12.4. The van der Waals surface area contributed by atoms with E-state index >= 15 is 0 Å². The second kappa shape index (κ2) is 10.1. The highest BCUT2D eigenvalue weighted by atomic mass is 32.2. The van der Waals surface area contributed by atoms with E-state index in [9.17, 15) is 19.0 Å². The highest BCUT2D eigenvalue weighted by Gasteiger charge is 2.33. The van der Waals surface area contributed by atoms with E-state index in [-0.39, 0.29) is 12.7 Å². The summed E-state index contributed by atoms with van der Waals surface area (Å²) in [5.74, 6) is -0.527. The fraction of sp³-hybridized carbons (Fsp3) is 0.529. The van der Waals surface area contributed by atoms with Gasteiger partial charge in [0.2, 0.25) is 5.91 Å². The van der Waals surface area contributed by atoms with Crippen LogP contribution < -0.4 is 5.09 Å². The second-order valence-corrected chi connectivity index (χ2v) is 9.54. The lowest BCUT2D eigenvalue weighted by atomic mass is 10.1. The van der Waals surface area contributed by atoms with Gasteiger partial charge < -0.3 is 14.9 Å². The number of carbonyl (C=O) groups is 2. The van der Waals surface area contributed by atoms with Crippen LogP contribution in [0.5, 0.6) is 0 Å². The van der Waals surface area contributed by atoms with Crippen LogP contribution in [0.2, 0.25) is 0 Å². The molecule has 1 aliphatic heterocycles. The Hall–Kier alpha value is -1.34. The van der Waals surface area contributed by atoms with Crippen molar-refractivity contribution in [2.24, 2.45) is 0 Å². The molecule has 0 aliphatic carbocycles. The zero-order valence-electron chi connectivity index (χ0n) is 14.5. The molecule has 2 unspecified atom stereocenters. The molecule has 0 spiro atoms. The Kier molecular flexibility index (Phi) is 8.15. The first-order valence-corrected chi connectivity index (χ1v) is 11.6. The lowest BCUT2D eigenvalue weighted by molar-refractivity contribution is -0.144. The Morgan fingerprint density at radius 2 is 2.04 bits per heavy atom. The fourth-order valence-electron chi connectivity index (χ4n) is 2.80. The van der Waals surface area contributed by atoms with Crippen molar-refractivity contribution in [2.75, 3.05) is 30.8 Å². The standard InChI is InChI=1S/C17H25N2O5PS/c20-16(21)12-19-9-11-26-13-15(17(19)22)18-25(23,24)10-5-4-8-14-6-2-1-3-7-14/h1-3,6-7,15H,4-5,8-13H2,(H,20,21)(H2,18,23,24). The van der Waals surface area contributed by atoms with Gasteiger partial charge in [-0.1, -0.05) is 30.3 Å². The predicted octanol–water partition coefficient (Wildman–Crippen LogP) is 1.81. The molecular weight excluding hydrogens is 375 g/mol. The highest BCUT2D eigenvalue weighted by molar-refractivity contribution is 7.99. The summed E-state index contributed by atoms with van der Waals surface area (Å²) in [4.78, 5) is 34.7. The summed E-state index contributed by atoms with van der Waals surface area (Å²) in [6.07, 6.45) is 2.29. The molecule has 1 amide bonds. The number of nitrogens with zero attached hydrogens (tertiary/aromatic N) is 1. The van der Waals surface area contributed by atoms with Crippen LogP contribution in [0.15, 0.2) is 30.3 Å². The first-order valence-electron chi connectivity index (χ1n) is 8.59. The molecule has 1 aliphatic rings. The van der Waals surface area contributed by atoms with Crippen LogP contribution in [0.1, 0.15) is 18.4 Å². The molecule has 1 fully saturated rings. The van der Waals surface area contributed by atoms with Crippen LogP contribution in [0.25, 0.3) is 0 Å². The number of carboxylic acids is 1. The van der Waals surface area contributed by atoms with Crippen molar-refractivity contribution < 1.29 is 24.2 Å². The minimum Gasteiger partial charge on any atom is -0.480 e. The van der Waals surface area contributed by atoms with Crippen LogP contribution in [-0.4, -0.2) is 63.6 Å². The number of benzene rings is 1. The molecule has 7 nitrogen and oxygen atoms in total. The van der Waals surface area contributed by atoms with Crippen molar-refractivity contribution in [3.8, 4) is 0 Å². The van der Waals surface area contributed by atoms with E-state index in [4.69, 9.17) is 5.11 Å². The van der Waals surface area contributed by atoms with E-state index in [1.54, 1.807) is 0 Å². The smallest absolute Gasteiger partial charge is 0.323 e. The van der Waals surface area contributed by atoms with Gasteiger partial charge in [-0.25, -0.2) is 5.09 Å². The molecule has 0 saturated carbocycles. The predicted molar refractivity (Wildman–Crippen MR) is 103 cm³/mol. The van der Waals surface area contributed by atoms with Gasteiger partial charge in [-0.05, 0) is 24.8 Å². The molecule has 2 rings (SSSR count). The van der Waals surface area contributed by atoms with E-state index < -0.39 is 25.4 Å². The third kappa shape index (κ3) is 7.11. The van der Waals surface area contributed by atoms with Crippen molar-refractivity contribution in [3.05, 3.63) is 35.9 Å². The zero-order valence-corrected chi connectivity index (χ0v) is 16.3. The third-order valence-corrected chi connectivity index (χ3v) is 6.78. The molecule has 2 atom stereocenters. The minimum absolute atomic E-state index is 0.0905. The molecule has 1 aromatic rings. The number of carboxylic acid groups (broad SMARTS) is 1. The summed E-state index contributed by atoms with van der Waals surface area (Å²) in [6.45, 7) is -0.0504. The second-order valence-electron chi connectivity index (χ2n) is 6.28. The fourth-order valence-corrected chi connectivity index (χ4v) is 5.37. The van der Waals surface area contributed by atoms with Gasteiger partial charge >= 0.3 is 5.97 Å². The monoisotopic (exact) mass is 400 g/mol. The molecule has 144 valence electrons. The molecule has 0 radical (unpaired) electrons. The maximum atomic E-state index is 12.4. The van der Waals surface area contributed by atoms with E-state index in [0.29, 0.717) is 24.5 Å². The quantitative estimate of drug-likeness (QED) is 0.429. The molecule has 1 saturated heterocycles. The topological polar surface area (TPSA) is 107 Å². The number of aryl methyl sites for hydroxylation is 1. The summed E-state index contributed by atoms with van der Waals surface area (Å²) in [5.41, 5.74) is 1.19. The number of thioether (sulfide) groups is 1. The number of carbonyl (C=O) groups excluding carboxylic acids is 1. The zero-order chi connectivity index (χ0) is 19.0. The number of aliphatic carboxylic acids is 1. The van der Waals surface area contributed by atoms with Gasteiger partial charge in [0.1, 0.15) is 12.6 Å². The van der Waals surface area contributed by atoms with Crippen molar-refractivity contribution in [2.45, 2.75) is 25.3 Å². The SMILES string of the molecule is O=C(O)CN1CCSCC(NP(=O)(O)CCCCc2ccccc2)C1=O. The first-order chi connectivity index (χ1) is 12.4. The Morgan fingerprint density at radius 1 is 1.31 bits per heavy atom. The molecule has 0 bridgehead atoms. The maximum absolute atomic E-state index is 12.4. The van der Waals surface area contributed by atoms with Gasteiger partial charge in [-0.3, -0.25) is 14.2 Å². The lowest BCUT2D eigenvalue weighted by Crippen LogP contribution is -2.47. The Balaban J connectivity index is 1.83. The number of nitrogens with one attached hydrogen (secondary N) is 1. The summed E-state index contributed by atoms with van der Waals surface area (Å²) in [6, 6.07) is 9.10. The molecular formula is C17H25N2O5PS. The Morgan fingerprint density at radius 3 is 2.73 bits per heavy atom. The van der Waals surface area contributed by atoms with E-state index in [1.807, 2.05) is 30.3 Å². The van der Waals surface area contributed by atoms with Gasteiger partial charge in [0.15, 0.2) is 0 Å². The van der Waals surface area contributed by atoms with Crippen molar-refractivity contribution in [1.82, 2.24) is 9.99 Å². The van der Waals surface area contributed by atoms with E-state index in [0.717, 1.165) is 12.8 Å². The summed E-state index contributed by atoms with van der Waals surface area (Å²) >= 11 is 1.47. The van der Waals surface area contributed by atoms with Crippen LogP contribution in [0, 0.1) is 0 Å². The number of hydrogen-bond donors (Lipinski definition) is 3. The average Bonchev–Trinajstić information content (AvgIpc) is 2.75. The van der Waals surface area contributed by atoms with Crippen LogP contribution in [-0.2, 0) is 20.6 Å². The van der Waals surface area contributed by atoms with Gasteiger partial charge in [0, 0.05) is 24.2 Å². The Bertz CT molecular complexity index is 658. The number of unbranched alkanes of at least 4 members (excludes halogenated alkanes) is 1. The van der Waals surface area contributed by atoms with E-state index in [1.165, 1.54) is 22.2 Å². The van der Waals surface area contributed by atoms with Crippen molar-refractivity contribution in [3.63, 3.8) is 0 Å². The number of amides is 1. The maximum Gasteiger partial charge on any atom is 0.323 e. The summed E-state index contributed by atoms with van der Waals surface area (Å²) in [7, 11) is -3.66. The molecule has 9 heteroatoms. The largest absolute Gasteiger partial charge is 0.480 e. The lowest BCUT2D eigenvalue weighted by Gasteiger charge is -2.24. The van der Waals surface area contributed by atoms with Gasteiger partial charge in [-0.2, -0.15) is 11.8 Å². The summed E-state index contributed by atoms with van der Waals surface area (Å²) in [5, 5.41) is 11.5. The van der Waals surface area contributed by atoms with Gasteiger partial charge in [0.25, 0.3) is 7.52 Å². The van der Waals surface area contributed by atoms with Crippen molar-refractivity contribution in [1.29, 1.82) is 0 Å². The highest BCUT2D eigenvalue weighted by Crippen LogP contribution is 2.38. The molecule has 1 aromatic carbocycles. The number of hydrogen-bond acceptors (Lipinski definition) is 4. The van der Waals surface area contributed by atoms with Gasteiger partial charge in [-0.15, -0.1) is 0 Å². The first kappa shape index (κ1) is 21.0. The molecule has 3 N–H and O–H groups in total. The Labute approximate surface area is 157 Å².